The molecule has 0 saturated heterocycles. The first-order valence-electron chi connectivity index (χ1n) is 5.97. The predicted octanol–water partition coefficient (Wildman–Crippen LogP) is 2.92. The molecule has 0 bridgehead atoms. The van der Waals surface area contributed by atoms with Gasteiger partial charge in [-0.2, -0.15) is 0 Å². The van der Waals surface area contributed by atoms with Crippen LogP contribution in [-0.4, -0.2) is 11.9 Å². The van der Waals surface area contributed by atoms with Crippen LogP contribution in [0.4, 0.5) is 5.69 Å². The highest BCUT2D eigenvalue weighted by Crippen LogP contribution is 2.26. The quantitative estimate of drug-likeness (QED) is 0.944. The summed E-state index contributed by atoms with van der Waals surface area (Å²) in [5.74, 6) is -2.09. The van der Waals surface area contributed by atoms with Crippen molar-refractivity contribution in [2.45, 2.75) is 6.92 Å². The van der Waals surface area contributed by atoms with E-state index in [1.807, 2.05) is 19.1 Å². The molecule has 0 aliphatic heterocycles. The Kier molecular flexibility index (Phi) is 4.50. The molecule has 0 fully saturated rings. The van der Waals surface area contributed by atoms with Crippen molar-refractivity contribution >= 4 is 40.8 Å². The summed E-state index contributed by atoms with van der Waals surface area (Å²) >= 11 is 11.6. The fourth-order valence-corrected chi connectivity index (χ4v) is 2.13. The molecule has 0 heterocycles. The van der Waals surface area contributed by atoms with Crippen LogP contribution in [0.5, 0.6) is 0 Å². The topological polar surface area (TPSA) is 69.2 Å². The Hall–Kier alpha value is -2.04. The maximum absolute atomic E-state index is 12.3. The number of hydrogen-bond donors (Lipinski definition) is 1. The van der Waals surface area contributed by atoms with Crippen molar-refractivity contribution in [1.29, 1.82) is 0 Å². The molecule has 6 heteroatoms. The zero-order valence-corrected chi connectivity index (χ0v) is 12.5. The van der Waals surface area contributed by atoms with Gasteiger partial charge in [0.05, 0.1) is 21.6 Å². The number of anilines is 1. The lowest BCUT2D eigenvalue weighted by atomic mass is 10.1. The highest BCUT2D eigenvalue weighted by Gasteiger charge is 2.16. The second kappa shape index (κ2) is 6.16. The van der Waals surface area contributed by atoms with Crippen molar-refractivity contribution in [3.8, 4) is 0 Å². The van der Waals surface area contributed by atoms with Crippen molar-refractivity contribution in [2.75, 3.05) is 5.32 Å². The number of benzene rings is 2. The van der Waals surface area contributed by atoms with Crippen molar-refractivity contribution < 1.29 is 14.7 Å². The summed E-state index contributed by atoms with van der Waals surface area (Å²) in [6.45, 7) is 1.82. The molecule has 0 unspecified atom stereocenters. The lowest BCUT2D eigenvalue weighted by Crippen LogP contribution is -2.26. The number of carboxylic acid groups (broad SMARTS) is 1. The molecule has 1 amide bonds. The second-order valence-electron chi connectivity index (χ2n) is 4.37. The molecule has 4 nitrogen and oxygen atoms in total. The number of carbonyl (C=O) groups excluding carboxylic acids is 2. The molecular weight excluding hydrogens is 313 g/mol. The van der Waals surface area contributed by atoms with E-state index in [0.717, 1.165) is 11.6 Å². The normalized spacial score (nSPS) is 10.2. The van der Waals surface area contributed by atoms with Gasteiger partial charge in [0.2, 0.25) is 0 Å². The number of carboxylic acids is 1. The molecule has 0 atom stereocenters. The van der Waals surface area contributed by atoms with Gasteiger partial charge in [0, 0.05) is 11.3 Å². The van der Waals surface area contributed by atoms with Gasteiger partial charge in [-0.25, -0.2) is 0 Å². The van der Waals surface area contributed by atoms with Gasteiger partial charge in [0.1, 0.15) is 0 Å². The monoisotopic (exact) mass is 322 g/mol. The summed E-state index contributed by atoms with van der Waals surface area (Å²) < 4.78 is 0. The third kappa shape index (κ3) is 3.35. The van der Waals surface area contributed by atoms with Crippen LogP contribution < -0.4 is 10.4 Å². The first-order valence-corrected chi connectivity index (χ1v) is 6.73. The SMILES string of the molecule is Cc1ccccc1NC(=O)c1cc(Cl)c(Cl)cc1C(=O)[O-]. The number of halogens is 2. The summed E-state index contributed by atoms with van der Waals surface area (Å²) in [5.41, 5.74) is 1.02. The summed E-state index contributed by atoms with van der Waals surface area (Å²) in [7, 11) is 0. The van der Waals surface area contributed by atoms with E-state index in [9.17, 15) is 14.7 Å². The minimum atomic E-state index is -1.50. The Labute approximate surface area is 131 Å². The largest absolute Gasteiger partial charge is 0.545 e. The number of aryl methyl sites for hydroxylation is 1. The van der Waals surface area contributed by atoms with Gasteiger partial charge in [0.25, 0.3) is 5.91 Å². The van der Waals surface area contributed by atoms with E-state index >= 15 is 0 Å². The van der Waals surface area contributed by atoms with Gasteiger partial charge < -0.3 is 15.2 Å². The maximum atomic E-state index is 12.3. The van der Waals surface area contributed by atoms with E-state index in [1.54, 1.807) is 12.1 Å². The lowest BCUT2D eigenvalue weighted by molar-refractivity contribution is -0.255. The lowest BCUT2D eigenvalue weighted by Gasteiger charge is -2.13. The zero-order chi connectivity index (χ0) is 15.6. The van der Waals surface area contributed by atoms with Crippen LogP contribution in [0, 0.1) is 6.92 Å². The highest BCUT2D eigenvalue weighted by molar-refractivity contribution is 6.42. The van der Waals surface area contributed by atoms with E-state index in [0.29, 0.717) is 5.69 Å². The van der Waals surface area contributed by atoms with Crippen molar-refractivity contribution in [1.82, 2.24) is 0 Å². The maximum Gasteiger partial charge on any atom is 0.256 e. The van der Waals surface area contributed by atoms with Crippen molar-refractivity contribution in [3.63, 3.8) is 0 Å². The number of para-hydroxylation sites is 1. The highest BCUT2D eigenvalue weighted by atomic mass is 35.5. The number of rotatable bonds is 3. The Bertz CT molecular complexity index is 729. The summed E-state index contributed by atoms with van der Waals surface area (Å²) in [4.78, 5) is 23.4. The van der Waals surface area contributed by atoms with Crippen molar-refractivity contribution in [3.05, 3.63) is 63.1 Å². The van der Waals surface area contributed by atoms with Gasteiger partial charge in [-0.1, -0.05) is 41.4 Å². The average Bonchev–Trinajstić information content (AvgIpc) is 2.43. The van der Waals surface area contributed by atoms with Gasteiger partial charge in [0.15, 0.2) is 0 Å². The third-order valence-corrected chi connectivity index (χ3v) is 3.64. The van der Waals surface area contributed by atoms with Gasteiger partial charge in [-0.3, -0.25) is 4.79 Å². The smallest absolute Gasteiger partial charge is 0.256 e. The Morgan fingerprint density at radius 1 is 1.05 bits per heavy atom. The summed E-state index contributed by atoms with van der Waals surface area (Å²) in [5, 5.41) is 13.9. The molecule has 0 aromatic heterocycles. The van der Waals surface area contributed by atoms with Crippen molar-refractivity contribution in [2.24, 2.45) is 0 Å². The van der Waals surface area contributed by atoms with E-state index in [1.165, 1.54) is 6.07 Å². The summed E-state index contributed by atoms with van der Waals surface area (Å²) in [6, 6.07) is 9.44. The number of aromatic carboxylic acids is 1. The van der Waals surface area contributed by atoms with Crippen LogP contribution in [0.25, 0.3) is 0 Å². The van der Waals surface area contributed by atoms with E-state index in [2.05, 4.69) is 5.32 Å². The molecule has 0 spiro atoms. The molecule has 0 aliphatic rings. The van der Waals surface area contributed by atoms with Crippen LogP contribution in [0.3, 0.4) is 0 Å². The van der Waals surface area contributed by atoms with E-state index < -0.39 is 11.9 Å². The first-order chi connectivity index (χ1) is 9.90. The molecule has 108 valence electrons. The Balaban J connectivity index is 2.42. The standard InChI is InChI=1S/C15H11Cl2NO3/c1-8-4-2-3-5-13(8)18-14(19)9-6-11(16)12(17)7-10(9)15(20)21/h2-7H,1H3,(H,18,19)(H,20,21)/p-1. The Morgan fingerprint density at radius 3 is 2.19 bits per heavy atom. The van der Waals surface area contributed by atoms with E-state index in [4.69, 9.17) is 23.2 Å². The van der Waals surface area contributed by atoms with Gasteiger partial charge >= 0.3 is 0 Å². The fraction of sp³-hybridized carbons (Fsp3) is 0.0667. The molecule has 21 heavy (non-hydrogen) atoms. The third-order valence-electron chi connectivity index (χ3n) is 2.92. The molecule has 0 saturated carbocycles. The second-order valence-corrected chi connectivity index (χ2v) is 5.18. The van der Waals surface area contributed by atoms with E-state index in [-0.39, 0.29) is 21.2 Å². The van der Waals surface area contributed by atoms with Crippen LogP contribution in [-0.2, 0) is 0 Å². The molecule has 0 radical (unpaired) electrons. The summed E-state index contributed by atoms with van der Waals surface area (Å²) in [6.07, 6.45) is 0. The zero-order valence-electron chi connectivity index (χ0n) is 10.9. The van der Waals surface area contributed by atoms with Crippen LogP contribution in [0.1, 0.15) is 26.3 Å². The number of carbonyl (C=O) groups is 2. The minimum absolute atomic E-state index is 0.0447. The number of hydrogen-bond acceptors (Lipinski definition) is 3. The van der Waals surface area contributed by atoms with Crippen LogP contribution in [0.15, 0.2) is 36.4 Å². The Morgan fingerprint density at radius 2 is 1.62 bits per heavy atom. The number of nitrogens with one attached hydrogen (secondary N) is 1. The molecule has 2 aromatic rings. The van der Waals surface area contributed by atoms with Crippen LogP contribution >= 0.6 is 23.2 Å². The predicted molar refractivity (Wildman–Crippen MR) is 79.9 cm³/mol. The first kappa shape index (κ1) is 15.4. The molecular formula is C15H10Cl2NO3-. The molecule has 0 aliphatic carbocycles. The minimum Gasteiger partial charge on any atom is -0.545 e. The fourth-order valence-electron chi connectivity index (χ4n) is 1.81. The van der Waals surface area contributed by atoms with Gasteiger partial charge in [-0.15, -0.1) is 0 Å². The molecule has 2 rings (SSSR count). The number of amides is 1. The molecule has 1 N–H and O–H groups in total. The average molecular weight is 323 g/mol. The van der Waals surface area contributed by atoms with Crippen LogP contribution in [0.2, 0.25) is 10.0 Å². The van der Waals surface area contributed by atoms with Gasteiger partial charge in [-0.05, 0) is 30.7 Å². The molecule has 2 aromatic carbocycles.